The third-order valence-electron chi connectivity index (χ3n) is 5.78. The third kappa shape index (κ3) is 6.30. The lowest BCUT2D eigenvalue weighted by atomic mass is 10.1. The van der Waals surface area contributed by atoms with Crippen LogP contribution in [0.1, 0.15) is 31.9 Å². The van der Waals surface area contributed by atoms with Crippen LogP contribution in [0.4, 0.5) is 5.82 Å². The highest BCUT2D eigenvalue weighted by atomic mass is 35.5. The second-order valence-electron chi connectivity index (χ2n) is 8.14. The average molecular weight is 512 g/mol. The molecule has 0 bridgehead atoms. The van der Waals surface area contributed by atoms with Gasteiger partial charge in [-0.1, -0.05) is 49.6 Å². The number of ether oxygens (including phenoxy) is 2. The molecular formula is C28H31Cl2N3O2. The molecule has 0 fully saturated rings. The number of pyridine rings is 1. The topological polar surface area (TPSA) is 62.3 Å². The molecule has 0 saturated heterocycles. The summed E-state index contributed by atoms with van der Waals surface area (Å²) in [6.45, 7) is 3.47. The highest BCUT2D eigenvalue weighted by Gasteiger charge is 2.15. The highest BCUT2D eigenvalue weighted by molar-refractivity contribution is 6.33. The number of unbranched alkanes of at least 4 members (excludes halogenated alkanes) is 2. The number of nitrogens with zero attached hydrogens (tertiary/aromatic N) is 2. The van der Waals surface area contributed by atoms with Crippen molar-refractivity contribution < 1.29 is 9.47 Å². The van der Waals surface area contributed by atoms with E-state index in [2.05, 4.69) is 40.7 Å². The lowest BCUT2D eigenvalue weighted by molar-refractivity contribution is 0.306. The minimum Gasteiger partial charge on any atom is -0.494 e. The van der Waals surface area contributed by atoms with Crippen molar-refractivity contribution >= 4 is 29.8 Å². The van der Waals surface area contributed by atoms with E-state index in [1.54, 1.807) is 7.11 Å². The standard InChI is InChI=1S/C28H30ClN3O2.ClH/c1-3-4-7-18-34-22-13-10-20(11-14-22)25-15-16-26(23-8-5-6-9-24(23)29)32(25)19-21-12-17-27(33-2)28(30)31-21;/h5-6,8-17H,3-4,7,18-19H2,1-2H3,(H2,30,31);1H. The van der Waals surface area contributed by atoms with Crippen LogP contribution in [0.15, 0.2) is 72.8 Å². The van der Waals surface area contributed by atoms with Gasteiger partial charge >= 0.3 is 0 Å². The van der Waals surface area contributed by atoms with Gasteiger partial charge in [0, 0.05) is 16.3 Å². The van der Waals surface area contributed by atoms with Gasteiger partial charge in [-0.15, -0.1) is 12.4 Å². The number of benzene rings is 2. The Bertz CT molecular complexity index is 1240. The van der Waals surface area contributed by atoms with Crippen molar-refractivity contribution in [2.45, 2.75) is 32.7 Å². The summed E-state index contributed by atoms with van der Waals surface area (Å²) in [7, 11) is 1.59. The van der Waals surface area contributed by atoms with E-state index in [9.17, 15) is 0 Å². The molecule has 0 aliphatic heterocycles. The van der Waals surface area contributed by atoms with E-state index in [0.717, 1.165) is 47.0 Å². The monoisotopic (exact) mass is 511 g/mol. The van der Waals surface area contributed by atoms with Crippen LogP contribution in [0, 0.1) is 0 Å². The zero-order chi connectivity index (χ0) is 23.9. The fraction of sp³-hybridized carbons (Fsp3) is 0.250. The molecule has 2 heterocycles. The van der Waals surface area contributed by atoms with Crippen molar-refractivity contribution in [1.82, 2.24) is 9.55 Å². The van der Waals surface area contributed by atoms with Gasteiger partial charge in [0.05, 0.1) is 31.6 Å². The van der Waals surface area contributed by atoms with Gasteiger partial charge in [-0.25, -0.2) is 4.98 Å². The first-order chi connectivity index (χ1) is 16.6. The third-order valence-corrected chi connectivity index (χ3v) is 6.11. The quantitative estimate of drug-likeness (QED) is 0.224. The Morgan fingerprint density at radius 2 is 1.66 bits per heavy atom. The summed E-state index contributed by atoms with van der Waals surface area (Å²) in [5, 5.41) is 0.700. The molecule has 0 spiro atoms. The summed E-state index contributed by atoms with van der Waals surface area (Å²) in [6, 6.07) is 24.1. The van der Waals surface area contributed by atoms with E-state index >= 15 is 0 Å². The molecule has 35 heavy (non-hydrogen) atoms. The lowest BCUT2D eigenvalue weighted by Crippen LogP contribution is -2.07. The minimum absolute atomic E-state index is 0. The molecule has 0 saturated carbocycles. The average Bonchev–Trinajstić information content (AvgIpc) is 3.26. The van der Waals surface area contributed by atoms with E-state index in [4.69, 9.17) is 26.8 Å². The zero-order valence-corrected chi connectivity index (χ0v) is 21.6. The first-order valence-corrected chi connectivity index (χ1v) is 12.0. The maximum atomic E-state index is 6.56. The normalized spacial score (nSPS) is 10.6. The molecule has 0 atom stereocenters. The summed E-state index contributed by atoms with van der Waals surface area (Å²) in [6.07, 6.45) is 3.43. The molecule has 2 aromatic carbocycles. The van der Waals surface area contributed by atoms with Crippen LogP contribution >= 0.6 is 24.0 Å². The predicted molar refractivity (Wildman–Crippen MR) is 147 cm³/mol. The maximum Gasteiger partial charge on any atom is 0.166 e. The molecule has 0 amide bonds. The van der Waals surface area contributed by atoms with Crippen molar-refractivity contribution in [3.8, 4) is 34.0 Å². The van der Waals surface area contributed by atoms with Crippen molar-refractivity contribution in [3.05, 3.63) is 83.5 Å². The maximum absolute atomic E-state index is 6.56. The number of hydrogen-bond acceptors (Lipinski definition) is 4. The summed E-state index contributed by atoms with van der Waals surface area (Å²) in [5.41, 5.74) is 11.0. The first-order valence-electron chi connectivity index (χ1n) is 11.6. The van der Waals surface area contributed by atoms with Gasteiger partial charge in [0.2, 0.25) is 0 Å². The number of methoxy groups -OCH3 is 1. The number of halogens is 2. The van der Waals surface area contributed by atoms with E-state index in [0.29, 0.717) is 23.1 Å². The minimum atomic E-state index is 0. The molecule has 2 N–H and O–H groups in total. The Balaban J connectivity index is 0.00000342. The largest absolute Gasteiger partial charge is 0.494 e. The first kappa shape index (κ1) is 26.5. The van der Waals surface area contributed by atoms with Crippen molar-refractivity contribution in [2.75, 3.05) is 19.5 Å². The fourth-order valence-corrected chi connectivity index (χ4v) is 4.22. The van der Waals surface area contributed by atoms with Crippen molar-refractivity contribution in [3.63, 3.8) is 0 Å². The Hall–Kier alpha value is -3.15. The second kappa shape index (κ2) is 12.5. The summed E-state index contributed by atoms with van der Waals surface area (Å²) >= 11 is 6.56. The van der Waals surface area contributed by atoms with Crippen LogP contribution in [-0.2, 0) is 6.54 Å². The van der Waals surface area contributed by atoms with Gasteiger partial charge in [0.25, 0.3) is 0 Å². The molecule has 0 aliphatic carbocycles. The van der Waals surface area contributed by atoms with Crippen LogP contribution in [0.25, 0.3) is 22.5 Å². The molecule has 0 radical (unpaired) electrons. The molecule has 2 aromatic heterocycles. The summed E-state index contributed by atoms with van der Waals surface area (Å²) in [4.78, 5) is 4.55. The number of nitrogen functional groups attached to an aromatic ring is 1. The van der Waals surface area contributed by atoms with Gasteiger partial charge in [-0.05, 0) is 66.6 Å². The summed E-state index contributed by atoms with van der Waals surface area (Å²) < 4.78 is 13.4. The molecule has 7 heteroatoms. The molecule has 4 rings (SSSR count). The van der Waals surface area contributed by atoms with E-state index in [1.807, 2.05) is 48.5 Å². The molecule has 0 unspecified atom stereocenters. The lowest BCUT2D eigenvalue weighted by Gasteiger charge is -2.16. The van der Waals surface area contributed by atoms with Gasteiger partial charge < -0.3 is 19.8 Å². The number of hydrogen-bond donors (Lipinski definition) is 1. The van der Waals surface area contributed by atoms with Crippen LogP contribution < -0.4 is 15.2 Å². The van der Waals surface area contributed by atoms with Crippen LogP contribution in [0.5, 0.6) is 11.5 Å². The van der Waals surface area contributed by atoms with Crippen LogP contribution in [0.2, 0.25) is 5.02 Å². The molecular weight excluding hydrogens is 481 g/mol. The Labute approximate surface area is 218 Å². The highest BCUT2D eigenvalue weighted by Crippen LogP contribution is 2.34. The van der Waals surface area contributed by atoms with Crippen LogP contribution in [0.3, 0.4) is 0 Å². The van der Waals surface area contributed by atoms with Gasteiger partial charge in [0.1, 0.15) is 5.75 Å². The number of rotatable bonds is 10. The Morgan fingerprint density at radius 3 is 2.34 bits per heavy atom. The SMILES string of the molecule is CCCCCOc1ccc(-c2ccc(-c3ccccc3Cl)n2Cc2ccc(OC)c(N)n2)cc1.Cl. The summed E-state index contributed by atoms with van der Waals surface area (Å²) in [5.74, 6) is 1.82. The van der Waals surface area contributed by atoms with Crippen LogP contribution in [-0.4, -0.2) is 23.3 Å². The second-order valence-corrected chi connectivity index (χ2v) is 8.55. The van der Waals surface area contributed by atoms with Crippen molar-refractivity contribution in [2.24, 2.45) is 0 Å². The van der Waals surface area contributed by atoms with Gasteiger partial charge in [-0.2, -0.15) is 0 Å². The van der Waals surface area contributed by atoms with E-state index in [-0.39, 0.29) is 12.4 Å². The smallest absolute Gasteiger partial charge is 0.166 e. The number of anilines is 1. The van der Waals surface area contributed by atoms with Gasteiger partial charge in [0.15, 0.2) is 11.6 Å². The van der Waals surface area contributed by atoms with E-state index in [1.165, 1.54) is 12.8 Å². The van der Waals surface area contributed by atoms with Crippen molar-refractivity contribution in [1.29, 1.82) is 0 Å². The molecule has 5 nitrogen and oxygen atoms in total. The Kier molecular flexibility index (Phi) is 9.47. The number of nitrogens with two attached hydrogens (primary N) is 1. The fourth-order valence-electron chi connectivity index (χ4n) is 3.99. The van der Waals surface area contributed by atoms with Gasteiger partial charge in [-0.3, -0.25) is 0 Å². The molecule has 0 aliphatic rings. The Morgan fingerprint density at radius 1 is 0.914 bits per heavy atom. The molecule has 184 valence electrons. The predicted octanol–water partition coefficient (Wildman–Crippen LogP) is 7.50. The number of aromatic nitrogens is 2. The van der Waals surface area contributed by atoms with E-state index < -0.39 is 0 Å². The molecule has 4 aromatic rings. The zero-order valence-electron chi connectivity index (χ0n) is 20.0.